The van der Waals surface area contributed by atoms with Crippen LogP contribution in [0.3, 0.4) is 0 Å². The molecule has 210 valence electrons. The zero-order valence-corrected chi connectivity index (χ0v) is 21.5. The van der Waals surface area contributed by atoms with Gasteiger partial charge in [-0.15, -0.1) is 0 Å². The van der Waals surface area contributed by atoms with E-state index in [1.807, 2.05) is 6.92 Å². The van der Waals surface area contributed by atoms with Crippen LogP contribution in [0, 0.1) is 0 Å². The molecular formula is C24H27N2O12P. The second kappa shape index (κ2) is 14.0. The molecule has 0 aromatic carbocycles. The molecule has 5 unspecified atom stereocenters. The maximum absolute atomic E-state index is 12.8. The average molecular weight is 566 g/mol. The number of aromatic nitrogens is 2. The summed E-state index contributed by atoms with van der Waals surface area (Å²) in [6.07, 6.45) is 0.154. The molecule has 3 heterocycles. The zero-order chi connectivity index (χ0) is 28.4. The van der Waals surface area contributed by atoms with Crippen molar-refractivity contribution in [2.24, 2.45) is 0 Å². The summed E-state index contributed by atoms with van der Waals surface area (Å²) in [5, 5.41) is 10.9. The van der Waals surface area contributed by atoms with Gasteiger partial charge in [-0.1, -0.05) is 19.4 Å². The third kappa shape index (κ3) is 9.03. The van der Waals surface area contributed by atoms with Crippen molar-refractivity contribution in [1.29, 1.82) is 0 Å². The molecule has 0 saturated carbocycles. The molecule has 15 heteroatoms. The summed E-state index contributed by atoms with van der Waals surface area (Å²) in [5.74, 6) is -2.82. The fourth-order valence-corrected chi connectivity index (χ4v) is 3.98. The highest BCUT2D eigenvalue weighted by Crippen LogP contribution is 2.42. The average Bonchev–Trinajstić information content (AvgIpc) is 2.91. The van der Waals surface area contributed by atoms with E-state index in [-0.39, 0.29) is 11.1 Å². The molecule has 2 aromatic rings. The first-order chi connectivity index (χ1) is 18.6. The van der Waals surface area contributed by atoms with Gasteiger partial charge in [0.1, 0.15) is 24.9 Å². The minimum absolute atomic E-state index is 0.0268. The number of phosphoric acid groups is 1. The second-order valence-corrected chi connectivity index (χ2v) is 9.37. The highest BCUT2D eigenvalue weighted by Gasteiger charge is 2.52. The van der Waals surface area contributed by atoms with Gasteiger partial charge >= 0.3 is 25.7 Å². The predicted molar refractivity (Wildman–Crippen MR) is 130 cm³/mol. The highest BCUT2D eigenvalue weighted by molar-refractivity contribution is 7.46. The number of pyridine rings is 2. The number of allylic oxidation sites excluding steroid dienone is 1. The van der Waals surface area contributed by atoms with Crippen LogP contribution in [-0.2, 0) is 32.8 Å². The molecular weight excluding hydrogens is 539 g/mol. The predicted octanol–water partition coefficient (Wildman–Crippen LogP) is 1.32. The number of carbonyl (C=O) groups is 3. The lowest BCUT2D eigenvalue weighted by atomic mass is 9.99. The van der Waals surface area contributed by atoms with Crippen molar-refractivity contribution in [3.8, 4) is 0 Å². The van der Waals surface area contributed by atoms with Crippen molar-refractivity contribution < 1.29 is 57.3 Å². The quantitative estimate of drug-likeness (QED) is 0.152. The highest BCUT2D eigenvalue weighted by atomic mass is 31.2. The van der Waals surface area contributed by atoms with E-state index >= 15 is 0 Å². The Labute approximate surface area is 222 Å². The van der Waals surface area contributed by atoms with Crippen LogP contribution in [0.5, 0.6) is 0 Å². The van der Waals surface area contributed by atoms with Gasteiger partial charge in [-0.2, -0.15) is 0 Å². The lowest BCUT2D eigenvalue weighted by molar-refractivity contribution is -0.282. The van der Waals surface area contributed by atoms with Crippen LogP contribution in [0.15, 0.2) is 61.2 Å². The van der Waals surface area contributed by atoms with Gasteiger partial charge in [-0.05, 0) is 30.7 Å². The van der Waals surface area contributed by atoms with Crippen molar-refractivity contribution in [2.45, 2.75) is 50.5 Å². The largest absolute Gasteiger partial charge is 0.470 e. The minimum Gasteiger partial charge on any atom is -0.460 e. The Kier molecular flexibility index (Phi) is 10.8. The molecule has 0 bridgehead atoms. The first-order valence-electron chi connectivity index (χ1n) is 11.7. The van der Waals surface area contributed by atoms with Gasteiger partial charge < -0.3 is 33.8 Å². The normalized spacial score (nSPS) is 23.2. The topological polar surface area (TPSA) is 201 Å². The number of unbranched alkanes of at least 4 members (excludes halogenated alkanes) is 1. The van der Waals surface area contributed by atoms with Crippen molar-refractivity contribution in [3.63, 3.8) is 0 Å². The number of hydrogen-bond donors (Lipinski definition) is 3. The number of aliphatic hydroxyl groups is 1. The smallest absolute Gasteiger partial charge is 0.460 e. The molecule has 5 atom stereocenters. The monoisotopic (exact) mass is 566 g/mol. The van der Waals surface area contributed by atoms with E-state index < -0.39 is 63.0 Å². The Balaban J connectivity index is 1.90. The third-order valence-electron chi connectivity index (χ3n) is 5.24. The SMILES string of the molecule is CCC/C=C/C(=O)OCC1OC(OC(=O)c2cccnc2)C(OC(=O)c2cccnc2)C(OP(=O)(O)O)C1O. The molecule has 3 N–H and O–H groups in total. The number of rotatable bonds is 11. The molecule has 1 aliphatic heterocycles. The van der Waals surface area contributed by atoms with Crippen molar-refractivity contribution in [2.75, 3.05) is 6.61 Å². The van der Waals surface area contributed by atoms with Gasteiger partial charge in [0, 0.05) is 30.9 Å². The summed E-state index contributed by atoms with van der Waals surface area (Å²) in [5.41, 5.74) is -0.0878. The molecule has 2 aromatic heterocycles. The molecule has 14 nitrogen and oxygen atoms in total. The summed E-state index contributed by atoms with van der Waals surface area (Å²) in [7, 11) is -5.31. The number of nitrogens with zero attached hydrogens (tertiary/aromatic N) is 2. The molecule has 0 radical (unpaired) electrons. The fraction of sp³-hybridized carbons (Fsp3) is 0.375. The Morgan fingerprint density at radius 1 is 1.03 bits per heavy atom. The van der Waals surface area contributed by atoms with E-state index in [1.165, 1.54) is 48.9 Å². The molecule has 1 saturated heterocycles. The lowest BCUT2D eigenvalue weighted by Crippen LogP contribution is -2.61. The van der Waals surface area contributed by atoms with Gasteiger partial charge in [-0.3, -0.25) is 14.5 Å². The Bertz CT molecular complexity index is 1190. The van der Waals surface area contributed by atoms with Crippen LogP contribution >= 0.6 is 7.82 Å². The van der Waals surface area contributed by atoms with Gasteiger partial charge in [-0.25, -0.2) is 18.9 Å². The van der Waals surface area contributed by atoms with E-state index in [1.54, 1.807) is 6.08 Å². The second-order valence-electron chi connectivity index (χ2n) is 8.17. The first-order valence-corrected chi connectivity index (χ1v) is 13.2. The number of hydrogen-bond acceptors (Lipinski definition) is 12. The van der Waals surface area contributed by atoms with Crippen LogP contribution in [0.1, 0.15) is 40.5 Å². The molecule has 3 rings (SSSR count). The van der Waals surface area contributed by atoms with E-state index in [0.29, 0.717) is 6.42 Å². The Hall–Kier alpha value is -3.52. The molecule has 1 fully saturated rings. The maximum atomic E-state index is 12.8. The van der Waals surface area contributed by atoms with Crippen molar-refractivity contribution in [1.82, 2.24) is 9.97 Å². The lowest BCUT2D eigenvalue weighted by Gasteiger charge is -2.42. The summed E-state index contributed by atoms with van der Waals surface area (Å²) in [4.78, 5) is 64.2. The van der Waals surface area contributed by atoms with Gasteiger partial charge in [0.2, 0.25) is 6.29 Å². The Morgan fingerprint density at radius 2 is 1.64 bits per heavy atom. The first kappa shape index (κ1) is 30.0. The summed E-state index contributed by atoms with van der Waals surface area (Å²) in [6, 6.07) is 5.61. The van der Waals surface area contributed by atoms with Crippen molar-refractivity contribution >= 4 is 25.7 Å². The minimum atomic E-state index is -5.31. The number of carbonyl (C=O) groups excluding carboxylic acids is 3. The van der Waals surface area contributed by atoms with Crippen LogP contribution in [0.4, 0.5) is 0 Å². The van der Waals surface area contributed by atoms with Gasteiger partial charge in [0.15, 0.2) is 6.10 Å². The van der Waals surface area contributed by atoms with Crippen LogP contribution in [0.25, 0.3) is 0 Å². The van der Waals surface area contributed by atoms with E-state index in [9.17, 15) is 33.8 Å². The number of ether oxygens (including phenoxy) is 4. The van der Waals surface area contributed by atoms with Gasteiger partial charge in [0.05, 0.1) is 11.1 Å². The standard InChI is InChI=1S/C24H27N2O12P/c1-2-3-4-9-18(27)34-14-17-19(28)20(38-39(31,32)33)21(36-22(29)15-7-5-10-25-12-15)24(35-17)37-23(30)16-8-6-11-26-13-16/h4-13,17,19-21,24,28H,2-3,14H2,1H3,(H2,31,32,33)/b9-4+. The van der Waals surface area contributed by atoms with Crippen LogP contribution in [-0.4, -0.2) is 80.1 Å². The molecule has 0 amide bonds. The molecule has 0 spiro atoms. The Morgan fingerprint density at radius 3 is 2.18 bits per heavy atom. The molecule has 0 aliphatic carbocycles. The molecule has 1 aliphatic rings. The number of phosphoric ester groups is 1. The maximum Gasteiger partial charge on any atom is 0.470 e. The van der Waals surface area contributed by atoms with Gasteiger partial charge in [0.25, 0.3) is 0 Å². The number of aliphatic hydroxyl groups excluding tert-OH is 1. The van der Waals surface area contributed by atoms with Crippen molar-refractivity contribution in [3.05, 3.63) is 72.3 Å². The third-order valence-corrected chi connectivity index (χ3v) is 5.76. The van der Waals surface area contributed by atoms with E-state index in [2.05, 4.69) is 9.97 Å². The van der Waals surface area contributed by atoms with Crippen LogP contribution < -0.4 is 0 Å². The van der Waals surface area contributed by atoms with Crippen LogP contribution in [0.2, 0.25) is 0 Å². The fourth-order valence-electron chi connectivity index (χ4n) is 3.42. The molecule has 39 heavy (non-hydrogen) atoms. The van der Waals surface area contributed by atoms with E-state index in [4.69, 9.17) is 23.5 Å². The summed E-state index contributed by atoms with van der Waals surface area (Å²) in [6.45, 7) is 1.29. The summed E-state index contributed by atoms with van der Waals surface area (Å²) >= 11 is 0. The van der Waals surface area contributed by atoms with E-state index in [0.717, 1.165) is 12.6 Å². The number of esters is 3. The summed E-state index contributed by atoms with van der Waals surface area (Å²) < 4.78 is 37.9. The zero-order valence-electron chi connectivity index (χ0n) is 20.6.